The number of benzene rings is 2. The van der Waals surface area contributed by atoms with Crippen LogP contribution in [-0.2, 0) is 11.3 Å². The molecule has 0 radical (unpaired) electrons. The summed E-state index contributed by atoms with van der Waals surface area (Å²) in [6.45, 7) is 2.77. The molecule has 2 aromatic carbocycles. The number of carbonyl (C=O) groups is 1. The highest BCUT2D eigenvalue weighted by Crippen LogP contribution is 2.43. The second-order valence-corrected chi connectivity index (χ2v) is 10.7. The third kappa shape index (κ3) is 4.47. The molecule has 6 rings (SSSR count). The van der Waals surface area contributed by atoms with Gasteiger partial charge in [0, 0.05) is 53.5 Å². The van der Waals surface area contributed by atoms with Crippen LogP contribution in [-0.4, -0.2) is 56.5 Å². The first-order chi connectivity index (χ1) is 18.9. The first-order valence-electron chi connectivity index (χ1n) is 13.0. The molecule has 4 heterocycles. The zero-order valence-electron chi connectivity index (χ0n) is 22.1. The maximum absolute atomic E-state index is 13.9. The van der Waals surface area contributed by atoms with Gasteiger partial charge in [-0.15, -0.1) is 0 Å². The van der Waals surface area contributed by atoms with E-state index >= 15 is 0 Å². The molecule has 9 heteroatoms. The van der Waals surface area contributed by atoms with E-state index < -0.39 is 0 Å². The van der Waals surface area contributed by atoms with Crippen molar-refractivity contribution in [2.75, 3.05) is 46.0 Å². The fourth-order valence-electron chi connectivity index (χ4n) is 6.27. The lowest BCUT2D eigenvalue weighted by molar-refractivity contribution is -0.113. The van der Waals surface area contributed by atoms with E-state index in [9.17, 15) is 9.59 Å². The molecule has 1 amide bonds. The normalized spacial score (nSPS) is 21.1. The standard InChI is InChI=1S/C30H30ClN3O5/c1-37-26-11-18(12-27(38-2)29(26)39-3)10-23-22-8-7-21(31)13-25(22)34(30(23)36)17-32-14-19-9-20(16-32)24-5-4-6-28(35)33(24)15-19/h4-8,10-13,19-20H,9,14-17H2,1-3H3/b23-10-. The molecule has 1 fully saturated rings. The van der Waals surface area contributed by atoms with Crippen molar-refractivity contribution in [2.24, 2.45) is 5.92 Å². The number of methoxy groups -OCH3 is 3. The van der Waals surface area contributed by atoms with Gasteiger partial charge < -0.3 is 18.8 Å². The van der Waals surface area contributed by atoms with E-state index in [4.69, 9.17) is 25.8 Å². The number of amides is 1. The number of piperidine rings is 1. The van der Waals surface area contributed by atoms with Crippen molar-refractivity contribution in [1.82, 2.24) is 9.47 Å². The van der Waals surface area contributed by atoms with Crippen LogP contribution in [0.2, 0.25) is 5.02 Å². The number of hydrogen-bond acceptors (Lipinski definition) is 6. The number of aromatic nitrogens is 1. The molecule has 2 unspecified atom stereocenters. The molecular formula is C30H30ClN3O5. The molecule has 3 aliphatic heterocycles. The lowest BCUT2D eigenvalue weighted by Gasteiger charge is -2.43. The quantitative estimate of drug-likeness (QED) is 0.423. The molecule has 39 heavy (non-hydrogen) atoms. The van der Waals surface area contributed by atoms with Gasteiger partial charge in [0.15, 0.2) is 11.5 Å². The summed E-state index contributed by atoms with van der Waals surface area (Å²) < 4.78 is 18.4. The van der Waals surface area contributed by atoms with E-state index in [0.29, 0.717) is 47.0 Å². The average Bonchev–Trinajstić information content (AvgIpc) is 3.18. The van der Waals surface area contributed by atoms with Gasteiger partial charge in [0.1, 0.15) is 0 Å². The maximum Gasteiger partial charge on any atom is 0.260 e. The molecule has 2 bridgehead atoms. The van der Waals surface area contributed by atoms with Crippen LogP contribution < -0.4 is 24.7 Å². The molecule has 1 saturated heterocycles. The zero-order chi connectivity index (χ0) is 27.3. The molecule has 0 saturated carbocycles. The topological polar surface area (TPSA) is 73.2 Å². The second kappa shape index (κ2) is 10.1. The number of anilines is 1. The van der Waals surface area contributed by atoms with Gasteiger partial charge in [0.25, 0.3) is 11.5 Å². The molecule has 0 spiro atoms. The zero-order valence-corrected chi connectivity index (χ0v) is 22.9. The Morgan fingerprint density at radius 2 is 1.72 bits per heavy atom. The fraction of sp³-hybridized carbons (Fsp3) is 0.333. The lowest BCUT2D eigenvalue weighted by atomic mass is 9.83. The molecule has 8 nitrogen and oxygen atoms in total. The third-order valence-electron chi connectivity index (χ3n) is 7.91. The molecule has 0 N–H and O–H groups in total. The number of carbonyl (C=O) groups excluding carboxylic acids is 1. The Bertz CT molecular complexity index is 1520. The summed E-state index contributed by atoms with van der Waals surface area (Å²) in [7, 11) is 4.69. The largest absolute Gasteiger partial charge is 0.493 e. The van der Waals surface area contributed by atoms with Crippen molar-refractivity contribution in [3.05, 3.63) is 80.7 Å². The van der Waals surface area contributed by atoms with Gasteiger partial charge >= 0.3 is 0 Å². The van der Waals surface area contributed by atoms with Gasteiger partial charge in [-0.1, -0.05) is 23.7 Å². The lowest BCUT2D eigenvalue weighted by Crippen LogP contribution is -2.50. The van der Waals surface area contributed by atoms with Crippen LogP contribution in [0.5, 0.6) is 17.2 Å². The Balaban J connectivity index is 1.33. The van der Waals surface area contributed by atoms with Crippen molar-refractivity contribution in [3.63, 3.8) is 0 Å². The van der Waals surface area contributed by atoms with Crippen molar-refractivity contribution in [3.8, 4) is 17.2 Å². The number of halogens is 1. The molecule has 2 atom stereocenters. The number of fused-ring (bicyclic) bond motifs is 5. The number of rotatable bonds is 6. The van der Waals surface area contributed by atoms with Gasteiger partial charge in [-0.25, -0.2) is 0 Å². The predicted octanol–water partition coefficient (Wildman–Crippen LogP) is 4.49. The summed E-state index contributed by atoms with van der Waals surface area (Å²) in [6.07, 6.45) is 2.91. The van der Waals surface area contributed by atoms with Crippen LogP contribution in [0.1, 0.15) is 29.2 Å². The Morgan fingerprint density at radius 1 is 0.949 bits per heavy atom. The highest BCUT2D eigenvalue weighted by molar-refractivity contribution is 6.37. The smallest absolute Gasteiger partial charge is 0.260 e. The maximum atomic E-state index is 13.9. The van der Waals surface area contributed by atoms with Crippen molar-refractivity contribution in [2.45, 2.75) is 18.9 Å². The summed E-state index contributed by atoms with van der Waals surface area (Å²) in [5, 5.41) is 0.574. The summed E-state index contributed by atoms with van der Waals surface area (Å²) in [5.41, 5.74) is 4.10. The Morgan fingerprint density at radius 3 is 2.44 bits per heavy atom. The number of nitrogens with zero attached hydrogens (tertiary/aromatic N) is 3. The van der Waals surface area contributed by atoms with Crippen LogP contribution in [0.4, 0.5) is 5.69 Å². The average molecular weight is 548 g/mol. The van der Waals surface area contributed by atoms with Crippen molar-refractivity contribution < 1.29 is 19.0 Å². The van der Waals surface area contributed by atoms with Crippen LogP contribution >= 0.6 is 11.6 Å². The molecule has 1 aromatic heterocycles. The van der Waals surface area contributed by atoms with E-state index in [2.05, 4.69) is 11.0 Å². The van der Waals surface area contributed by atoms with Gasteiger partial charge in [-0.3, -0.25) is 19.4 Å². The Hall–Kier alpha value is -3.75. The first kappa shape index (κ1) is 25.5. The van der Waals surface area contributed by atoms with Crippen molar-refractivity contribution >= 4 is 34.8 Å². The van der Waals surface area contributed by atoms with E-state index in [1.807, 2.05) is 45.9 Å². The minimum Gasteiger partial charge on any atom is -0.493 e. The van der Waals surface area contributed by atoms with E-state index in [0.717, 1.165) is 42.0 Å². The number of ether oxygens (including phenoxy) is 3. The monoisotopic (exact) mass is 547 g/mol. The Labute approximate surface area is 231 Å². The summed E-state index contributed by atoms with van der Waals surface area (Å²) >= 11 is 6.40. The van der Waals surface area contributed by atoms with Crippen LogP contribution in [0, 0.1) is 5.92 Å². The molecule has 3 aromatic rings. The predicted molar refractivity (Wildman–Crippen MR) is 151 cm³/mol. The minimum atomic E-state index is -0.0895. The molecular weight excluding hydrogens is 518 g/mol. The summed E-state index contributed by atoms with van der Waals surface area (Å²) in [6, 6.07) is 14.7. The highest BCUT2D eigenvalue weighted by Gasteiger charge is 2.38. The SMILES string of the molecule is COc1cc(/C=C2\C(=O)N(CN3CC4CC(C3)c3cccc(=O)n3C4)c3cc(Cl)ccc32)cc(OC)c1OC. The third-order valence-corrected chi connectivity index (χ3v) is 8.15. The van der Waals surface area contributed by atoms with E-state index in [-0.39, 0.29) is 17.4 Å². The van der Waals surface area contributed by atoms with Gasteiger partial charge in [-0.05, 0) is 54.3 Å². The molecule has 0 aliphatic carbocycles. The van der Waals surface area contributed by atoms with Gasteiger partial charge in [0.2, 0.25) is 5.75 Å². The summed E-state index contributed by atoms with van der Waals surface area (Å²) in [5.74, 6) is 2.06. The van der Waals surface area contributed by atoms with E-state index in [1.54, 1.807) is 33.5 Å². The van der Waals surface area contributed by atoms with Crippen LogP contribution in [0.15, 0.2) is 53.3 Å². The minimum absolute atomic E-state index is 0.0653. The number of hydrogen-bond donors (Lipinski definition) is 0. The van der Waals surface area contributed by atoms with Gasteiger partial charge in [-0.2, -0.15) is 0 Å². The Kier molecular flexibility index (Phi) is 6.61. The van der Waals surface area contributed by atoms with Crippen LogP contribution in [0.3, 0.4) is 0 Å². The van der Waals surface area contributed by atoms with Crippen LogP contribution in [0.25, 0.3) is 11.6 Å². The molecule has 202 valence electrons. The van der Waals surface area contributed by atoms with Gasteiger partial charge in [0.05, 0.1) is 33.7 Å². The number of pyridine rings is 1. The second-order valence-electron chi connectivity index (χ2n) is 10.3. The van der Waals surface area contributed by atoms with Crippen molar-refractivity contribution in [1.29, 1.82) is 0 Å². The first-order valence-corrected chi connectivity index (χ1v) is 13.3. The fourth-order valence-corrected chi connectivity index (χ4v) is 6.43. The molecule has 3 aliphatic rings. The number of likely N-dealkylation sites (tertiary alicyclic amines) is 1. The van der Waals surface area contributed by atoms with E-state index in [1.165, 1.54) is 0 Å². The summed E-state index contributed by atoms with van der Waals surface area (Å²) in [4.78, 5) is 30.5. The highest BCUT2D eigenvalue weighted by atomic mass is 35.5.